The molecule has 5 rings (SSSR count). The van der Waals surface area contributed by atoms with Gasteiger partial charge in [-0.2, -0.15) is 0 Å². The number of anilines is 2. The normalized spacial score (nSPS) is 14.3. The Morgan fingerprint density at radius 2 is 1.56 bits per heavy atom. The maximum Gasteiger partial charge on any atom is 0.263 e. The zero-order chi connectivity index (χ0) is 27.2. The molecule has 0 aliphatic carbocycles. The monoisotopic (exact) mass is 543 g/mol. The average Bonchev–Trinajstić information content (AvgIpc) is 2.94. The number of nitrogens with one attached hydrogen (secondary N) is 1. The number of sulfonamides is 1. The van der Waals surface area contributed by atoms with Crippen LogP contribution in [0.4, 0.5) is 11.5 Å². The van der Waals surface area contributed by atoms with Gasteiger partial charge in [0.2, 0.25) is 0 Å². The summed E-state index contributed by atoms with van der Waals surface area (Å²) in [6.45, 7) is 9.29. The lowest BCUT2D eigenvalue weighted by atomic mass is 10.0. The van der Waals surface area contributed by atoms with E-state index in [0.717, 1.165) is 60.9 Å². The highest BCUT2D eigenvalue weighted by Gasteiger charge is 2.20. The third-order valence-corrected chi connectivity index (χ3v) is 8.23. The van der Waals surface area contributed by atoms with Crippen molar-refractivity contribution in [2.45, 2.75) is 31.9 Å². The van der Waals surface area contributed by atoms with Gasteiger partial charge >= 0.3 is 0 Å². The molecule has 0 bridgehead atoms. The molecule has 1 fully saturated rings. The van der Waals surface area contributed by atoms with E-state index in [9.17, 15) is 8.42 Å². The Morgan fingerprint density at radius 3 is 2.21 bits per heavy atom. The molecule has 0 saturated carbocycles. The first-order chi connectivity index (χ1) is 18.9. The highest BCUT2D eigenvalue weighted by Crippen LogP contribution is 2.27. The predicted octanol–water partition coefficient (Wildman–Crippen LogP) is 4.80. The van der Waals surface area contributed by atoms with Gasteiger partial charge in [0.05, 0.1) is 4.90 Å². The molecule has 1 aliphatic heterocycles. The van der Waals surface area contributed by atoms with E-state index in [4.69, 9.17) is 4.74 Å². The number of hydrogen-bond acceptors (Lipinski definition) is 7. The number of piperazine rings is 1. The lowest BCUT2D eigenvalue weighted by Crippen LogP contribution is -2.46. The van der Waals surface area contributed by atoms with Crippen molar-refractivity contribution in [3.05, 3.63) is 108 Å². The summed E-state index contributed by atoms with van der Waals surface area (Å²) in [5.41, 5.74) is 5.78. The predicted molar refractivity (Wildman–Crippen MR) is 153 cm³/mol. The van der Waals surface area contributed by atoms with Crippen molar-refractivity contribution < 1.29 is 13.2 Å². The third kappa shape index (κ3) is 6.74. The maximum absolute atomic E-state index is 12.7. The number of aromatic nitrogens is 2. The molecule has 4 aromatic rings. The van der Waals surface area contributed by atoms with Crippen molar-refractivity contribution in [3.8, 4) is 5.75 Å². The summed E-state index contributed by atoms with van der Waals surface area (Å²) in [5, 5.41) is 0. The first-order valence-corrected chi connectivity index (χ1v) is 14.5. The van der Waals surface area contributed by atoms with Gasteiger partial charge in [-0.3, -0.25) is 9.62 Å². The van der Waals surface area contributed by atoms with Crippen molar-refractivity contribution in [2.24, 2.45) is 0 Å². The minimum Gasteiger partial charge on any atom is -0.488 e. The van der Waals surface area contributed by atoms with E-state index < -0.39 is 10.0 Å². The zero-order valence-electron chi connectivity index (χ0n) is 22.2. The van der Waals surface area contributed by atoms with E-state index in [1.807, 2.05) is 30.3 Å². The number of hydrogen-bond donors (Lipinski definition) is 1. The second-order valence-electron chi connectivity index (χ2n) is 9.79. The zero-order valence-corrected chi connectivity index (χ0v) is 23.1. The van der Waals surface area contributed by atoms with Crippen molar-refractivity contribution >= 4 is 21.5 Å². The molecule has 1 aliphatic rings. The summed E-state index contributed by atoms with van der Waals surface area (Å²) in [7, 11) is -3.71. The number of aryl methyl sites for hydroxylation is 2. The first-order valence-electron chi connectivity index (χ1n) is 13.0. The van der Waals surface area contributed by atoms with Crippen LogP contribution >= 0.6 is 0 Å². The smallest absolute Gasteiger partial charge is 0.263 e. The SMILES string of the molecule is Cc1cc(CN2CCN(c3ccc(S(=O)(=O)Nc4ccncn4)cc3)CC2)cc(C)c1OCc1ccccc1. The molecule has 39 heavy (non-hydrogen) atoms. The standard InChI is InChI=1S/C30H33N5O3S/c1-23-18-26(19-24(2)30(23)38-21-25-6-4-3-5-7-25)20-34-14-16-35(17-15-34)27-8-10-28(11-9-27)39(36,37)33-29-12-13-31-22-32-29/h3-13,18-19,22H,14-17,20-21H2,1-2H3,(H,31,32,33). The summed E-state index contributed by atoms with van der Waals surface area (Å²) in [6.07, 6.45) is 2.80. The molecular weight excluding hydrogens is 510 g/mol. The molecule has 0 radical (unpaired) electrons. The van der Waals surface area contributed by atoms with Gasteiger partial charge in [0.15, 0.2) is 0 Å². The van der Waals surface area contributed by atoms with Crippen LogP contribution in [0, 0.1) is 13.8 Å². The molecule has 9 heteroatoms. The topological polar surface area (TPSA) is 87.7 Å². The van der Waals surface area contributed by atoms with Gasteiger partial charge in [-0.1, -0.05) is 42.5 Å². The second kappa shape index (κ2) is 11.8. The Morgan fingerprint density at radius 1 is 0.872 bits per heavy atom. The van der Waals surface area contributed by atoms with Crippen LogP contribution in [0.25, 0.3) is 0 Å². The van der Waals surface area contributed by atoms with Crippen LogP contribution < -0.4 is 14.4 Å². The minimum absolute atomic E-state index is 0.199. The van der Waals surface area contributed by atoms with Crippen LogP contribution in [0.15, 0.2) is 90.2 Å². The summed E-state index contributed by atoms with van der Waals surface area (Å²) < 4.78 is 34.0. The van der Waals surface area contributed by atoms with Crippen LogP contribution in [-0.4, -0.2) is 49.5 Å². The van der Waals surface area contributed by atoms with E-state index in [1.165, 1.54) is 24.2 Å². The van der Waals surface area contributed by atoms with Crippen LogP contribution in [-0.2, 0) is 23.2 Å². The maximum atomic E-state index is 12.7. The van der Waals surface area contributed by atoms with Gasteiger partial charge < -0.3 is 9.64 Å². The van der Waals surface area contributed by atoms with Crippen LogP contribution in [0.3, 0.4) is 0 Å². The Kier molecular flexibility index (Phi) is 8.09. The molecular formula is C30H33N5O3S. The first kappa shape index (κ1) is 26.6. The van der Waals surface area contributed by atoms with Gasteiger partial charge in [0.25, 0.3) is 10.0 Å². The van der Waals surface area contributed by atoms with E-state index in [0.29, 0.717) is 6.61 Å². The van der Waals surface area contributed by atoms with Gasteiger partial charge in [-0.25, -0.2) is 18.4 Å². The molecule has 0 atom stereocenters. The van der Waals surface area contributed by atoms with Crippen LogP contribution in [0.2, 0.25) is 0 Å². The molecule has 8 nitrogen and oxygen atoms in total. The fraction of sp³-hybridized carbons (Fsp3) is 0.267. The Labute approximate surface area is 230 Å². The molecule has 3 aromatic carbocycles. The summed E-state index contributed by atoms with van der Waals surface area (Å²) in [5.74, 6) is 1.20. The molecule has 1 aromatic heterocycles. The molecule has 2 heterocycles. The highest BCUT2D eigenvalue weighted by molar-refractivity contribution is 7.92. The molecule has 1 N–H and O–H groups in total. The number of ether oxygens (including phenoxy) is 1. The van der Waals surface area contributed by atoms with Crippen molar-refractivity contribution in [2.75, 3.05) is 35.8 Å². The van der Waals surface area contributed by atoms with Crippen molar-refractivity contribution in [3.63, 3.8) is 0 Å². The summed E-state index contributed by atoms with van der Waals surface area (Å²) >= 11 is 0. The Balaban J connectivity index is 1.15. The van der Waals surface area contributed by atoms with E-state index in [-0.39, 0.29) is 10.7 Å². The molecule has 0 unspecified atom stereocenters. The second-order valence-corrected chi connectivity index (χ2v) is 11.5. The lowest BCUT2D eigenvalue weighted by molar-refractivity contribution is 0.249. The molecule has 1 saturated heterocycles. The lowest BCUT2D eigenvalue weighted by Gasteiger charge is -2.36. The fourth-order valence-corrected chi connectivity index (χ4v) is 5.90. The minimum atomic E-state index is -3.71. The fourth-order valence-electron chi connectivity index (χ4n) is 4.89. The number of benzene rings is 3. The van der Waals surface area contributed by atoms with Crippen LogP contribution in [0.1, 0.15) is 22.3 Å². The average molecular weight is 544 g/mol. The number of nitrogens with zero attached hydrogens (tertiary/aromatic N) is 4. The van der Waals surface area contributed by atoms with E-state index in [2.05, 4.69) is 62.6 Å². The Hall–Kier alpha value is -3.95. The molecule has 0 spiro atoms. The van der Waals surface area contributed by atoms with Crippen molar-refractivity contribution in [1.29, 1.82) is 0 Å². The molecule has 0 amide bonds. The highest BCUT2D eigenvalue weighted by atomic mass is 32.2. The van der Waals surface area contributed by atoms with E-state index in [1.54, 1.807) is 12.1 Å². The Bertz CT molecular complexity index is 1470. The van der Waals surface area contributed by atoms with E-state index >= 15 is 0 Å². The van der Waals surface area contributed by atoms with Crippen molar-refractivity contribution in [1.82, 2.24) is 14.9 Å². The van der Waals surface area contributed by atoms with Crippen LogP contribution in [0.5, 0.6) is 5.75 Å². The van der Waals surface area contributed by atoms with Gasteiger partial charge in [0, 0.05) is 44.6 Å². The quantitative estimate of drug-likeness (QED) is 0.325. The number of rotatable bonds is 9. The summed E-state index contributed by atoms with van der Waals surface area (Å²) in [4.78, 5) is 12.7. The van der Waals surface area contributed by atoms with Gasteiger partial charge in [-0.15, -0.1) is 0 Å². The van der Waals surface area contributed by atoms with Gasteiger partial charge in [-0.05, 0) is 66.4 Å². The largest absolute Gasteiger partial charge is 0.488 e. The third-order valence-electron chi connectivity index (χ3n) is 6.86. The summed E-state index contributed by atoms with van der Waals surface area (Å²) in [6, 6.07) is 23.2. The molecule has 202 valence electrons. The van der Waals surface area contributed by atoms with Gasteiger partial charge in [0.1, 0.15) is 24.5 Å².